The monoisotopic (exact) mass is 374 g/mol. The maximum absolute atomic E-state index is 12.4. The molecule has 2 amide bonds. The van der Waals surface area contributed by atoms with Crippen LogP contribution in [0.4, 0.5) is 5.82 Å². The minimum atomic E-state index is -0.0604. The van der Waals surface area contributed by atoms with Crippen LogP contribution in [0.3, 0.4) is 0 Å². The van der Waals surface area contributed by atoms with Crippen LogP contribution in [0.25, 0.3) is 0 Å². The molecule has 1 aromatic rings. The first-order valence-corrected chi connectivity index (χ1v) is 9.54. The van der Waals surface area contributed by atoms with Gasteiger partial charge in [0.15, 0.2) is 5.82 Å². The summed E-state index contributed by atoms with van der Waals surface area (Å²) in [5.41, 5.74) is -0.0604. The minimum Gasteiger partial charge on any atom is -0.339 e. The lowest BCUT2D eigenvalue weighted by Gasteiger charge is -2.49. The van der Waals surface area contributed by atoms with Gasteiger partial charge in [0.25, 0.3) is 0 Å². The van der Waals surface area contributed by atoms with Crippen LogP contribution in [0.5, 0.6) is 0 Å². The van der Waals surface area contributed by atoms with Gasteiger partial charge in [-0.25, -0.2) is 0 Å². The van der Waals surface area contributed by atoms with Crippen LogP contribution in [-0.4, -0.2) is 88.1 Å². The van der Waals surface area contributed by atoms with Crippen molar-refractivity contribution in [3.63, 3.8) is 0 Å². The quantitative estimate of drug-likeness (QED) is 0.762. The van der Waals surface area contributed by atoms with E-state index < -0.39 is 0 Å². The number of carbonyl (C=O) groups excluding carboxylic acids is 2. The van der Waals surface area contributed by atoms with Gasteiger partial charge >= 0.3 is 0 Å². The number of likely N-dealkylation sites (N-methyl/N-ethyl adjacent to an activating group) is 1. The smallest absolute Gasteiger partial charge is 0.239 e. The van der Waals surface area contributed by atoms with Gasteiger partial charge in [0.05, 0.1) is 6.54 Å². The highest BCUT2D eigenvalue weighted by Crippen LogP contribution is 2.32. The molecule has 3 heterocycles. The number of likely N-dealkylation sites (tertiary alicyclic amines) is 1. The van der Waals surface area contributed by atoms with E-state index in [0.29, 0.717) is 25.3 Å². The molecular formula is C19H30N6O2. The third-order valence-electron chi connectivity index (χ3n) is 5.78. The number of carbonyl (C=O) groups is 2. The highest BCUT2D eigenvalue weighted by molar-refractivity contribution is 5.91. The molecule has 3 rings (SSSR count). The summed E-state index contributed by atoms with van der Waals surface area (Å²) >= 11 is 0. The van der Waals surface area contributed by atoms with Crippen LogP contribution < -0.4 is 5.32 Å². The second-order valence-electron chi connectivity index (χ2n) is 7.66. The predicted octanol–water partition coefficient (Wildman–Crippen LogP) is 0.543. The molecule has 148 valence electrons. The molecule has 0 aromatic carbocycles. The number of piperazine rings is 1. The Morgan fingerprint density at radius 3 is 2.85 bits per heavy atom. The number of nitrogens with zero attached hydrogens (tertiary/aromatic N) is 5. The summed E-state index contributed by atoms with van der Waals surface area (Å²) in [5.74, 6) is 0.725. The molecule has 1 aromatic heterocycles. The summed E-state index contributed by atoms with van der Waals surface area (Å²) in [6.45, 7) is 7.99. The maximum atomic E-state index is 12.4. The second kappa shape index (κ2) is 8.22. The topological polar surface area (TPSA) is 73.7 Å². The Kier molecular flexibility index (Phi) is 5.96. The van der Waals surface area contributed by atoms with Gasteiger partial charge in [-0.2, -0.15) is 5.10 Å². The Bertz CT molecular complexity index is 702. The van der Waals surface area contributed by atoms with Gasteiger partial charge in [0.2, 0.25) is 11.8 Å². The number of rotatable bonds is 5. The van der Waals surface area contributed by atoms with E-state index in [1.807, 2.05) is 11.9 Å². The standard InChI is InChI=1S/C19H30N6O2/c1-4-9-25-11-8-19(7-5-18(25)27)15-24(13-12-22(19)2)14-17(26)20-16-6-10-23(3)21-16/h4,6,10H,1,5,7-9,11-15H2,2-3H3,(H,20,21,26). The van der Waals surface area contributed by atoms with Crippen molar-refractivity contribution in [1.82, 2.24) is 24.5 Å². The number of aromatic nitrogens is 2. The highest BCUT2D eigenvalue weighted by Gasteiger charge is 2.42. The Balaban J connectivity index is 1.62. The summed E-state index contributed by atoms with van der Waals surface area (Å²) in [6, 6.07) is 1.79. The van der Waals surface area contributed by atoms with Crippen molar-refractivity contribution >= 4 is 17.6 Å². The average molecular weight is 374 g/mol. The molecule has 2 aliphatic heterocycles. The van der Waals surface area contributed by atoms with Crippen molar-refractivity contribution in [2.24, 2.45) is 7.05 Å². The van der Waals surface area contributed by atoms with Crippen molar-refractivity contribution in [3.05, 3.63) is 24.9 Å². The first-order chi connectivity index (χ1) is 12.9. The second-order valence-corrected chi connectivity index (χ2v) is 7.66. The van der Waals surface area contributed by atoms with Crippen LogP contribution in [-0.2, 0) is 16.6 Å². The number of hydrogen-bond donors (Lipinski definition) is 1. The zero-order chi connectivity index (χ0) is 19.4. The molecule has 1 spiro atoms. The fourth-order valence-electron chi connectivity index (χ4n) is 4.13. The molecule has 0 aliphatic carbocycles. The van der Waals surface area contributed by atoms with Crippen molar-refractivity contribution in [1.29, 1.82) is 0 Å². The van der Waals surface area contributed by atoms with E-state index in [9.17, 15) is 9.59 Å². The van der Waals surface area contributed by atoms with Crippen molar-refractivity contribution in [2.75, 3.05) is 51.6 Å². The van der Waals surface area contributed by atoms with Crippen molar-refractivity contribution in [3.8, 4) is 0 Å². The first kappa shape index (κ1) is 19.6. The molecule has 1 N–H and O–H groups in total. The van der Waals surface area contributed by atoms with Gasteiger partial charge in [0.1, 0.15) is 0 Å². The summed E-state index contributed by atoms with van der Waals surface area (Å²) in [5, 5.41) is 7.05. The molecule has 8 heteroatoms. The number of anilines is 1. The lowest BCUT2D eigenvalue weighted by Crippen LogP contribution is -2.61. The Morgan fingerprint density at radius 2 is 2.15 bits per heavy atom. The Morgan fingerprint density at radius 1 is 1.33 bits per heavy atom. The lowest BCUT2D eigenvalue weighted by atomic mass is 9.86. The van der Waals surface area contributed by atoms with Crippen LogP contribution in [0.15, 0.2) is 24.9 Å². The summed E-state index contributed by atoms with van der Waals surface area (Å²) in [4.78, 5) is 31.3. The summed E-state index contributed by atoms with van der Waals surface area (Å²) < 4.78 is 1.66. The van der Waals surface area contributed by atoms with E-state index in [1.54, 1.807) is 23.0 Å². The van der Waals surface area contributed by atoms with Crippen LogP contribution in [0, 0.1) is 0 Å². The highest BCUT2D eigenvalue weighted by atomic mass is 16.2. The summed E-state index contributed by atoms with van der Waals surface area (Å²) in [6.07, 6.45) is 5.88. The molecule has 0 saturated carbocycles. The fourth-order valence-corrected chi connectivity index (χ4v) is 4.13. The molecule has 2 fully saturated rings. The van der Waals surface area contributed by atoms with E-state index in [1.165, 1.54) is 0 Å². The van der Waals surface area contributed by atoms with Gasteiger partial charge in [-0.05, 0) is 19.9 Å². The number of nitrogens with one attached hydrogen (secondary N) is 1. The Labute approximate surface area is 160 Å². The van der Waals surface area contributed by atoms with Crippen LogP contribution in [0.2, 0.25) is 0 Å². The van der Waals surface area contributed by atoms with E-state index in [4.69, 9.17) is 0 Å². The number of amides is 2. The number of hydrogen-bond acceptors (Lipinski definition) is 5. The molecule has 8 nitrogen and oxygen atoms in total. The van der Waals surface area contributed by atoms with E-state index in [-0.39, 0.29) is 17.4 Å². The molecular weight excluding hydrogens is 344 g/mol. The van der Waals surface area contributed by atoms with E-state index in [2.05, 4.69) is 33.8 Å². The van der Waals surface area contributed by atoms with E-state index >= 15 is 0 Å². The molecule has 1 unspecified atom stereocenters. The predicted molar refractivity (Wildman–Crippen MR) is 104 cm³/mol. The van der Waals surface area contributed by atoms with Crippen molar-refractivity contribution in [2.45, 2.75) is 24.8 Å². The zero-order valence-electron chi connectivity index (χ0n) is 16.4. The minimum absolute atomic E-state index is 0.0496. The largest absolute Gasteiger partial charge is 0.339 e. The molecule has 1 atom stereocenters. The lowest BCUT2D eigenvalue weighted by molar-refractivity contribution is -0.130. The zero-order valence-corrected chi connectivity index (χ0v) is 16.4. The van der Waals surface area contributed by atoms with Gasteiger partial charge in [-0.15, -0.1) is 6.58 Å². The first-order valence-electron chi connectivity index (χ1n) is 9.54. The molecule has 2 saturated heterocycles. The van der Waals surface area contributed by atoms with Gasteiger partial charge in [-0.1, -0.05) is 6.08 Å². The van der Waals surface area contributed by atoms with Gasteiger partial charge in [0, 0.05) is 64.0 Å². The SMILES string of the molecule is C=CCN1CCC2(CCC1=O)CN(CC(=O)Nc1ccn(C)n1)CCN2C. The molecule has 0 radical (unpaired) electrons. The number of aryl methyl sites for hydroxylation is 1. The van der Waals surface area contributed by atoms with E-state index in [0.717, 1.165) is 39.0 Å². The van der Waals surface area contributed by atoms with Crippen molar-refractivity contribution < 1.29 is 9.59 Å². The van der Waals surface area contributed by atoms with Gasteiger partial charge in [-0.3, -0.25) is 24.1 Å². The normalized spacial score (nSPS) is 24.8. The third kappa shape index (κ3) is 4.56. The van der Waals surface area contributed by atoms with Crippen LogP contribution >= 0.6 is 0 Å². The fraction of sp³-hybridized carbons (Fsp3) is 0.632. The third-order valence-corrected chi connectivity index (χ3v) is 5.78. The maximum Gasteiger partial charge on any atom is 0.239 e. The average Bonchev–Trinajstić information content (AvgIpc) is 2.96. The molecule has 2 aliphatic rings. The Hall–Kier alpha value is -2.19. The van der Waals surface area contributed by atoms with Crippen LogP contribution in [0.1, 0.15) is 19.3 Å². The molecule has 27 heavy (non-hydrogen) atoms. The molecule has 0 bridgehead atoms. The summed E-state index contributed by atoms with van der Waals surface area (Å²) in [7, 11) is 3.96. The van der Waals surface area contributed by atoms with Gasteiger partial charge < -0.3 is 10.2 Å².